The Kier molecular flexibility index (Phi) is 6.28. The van der Waals surface area contributed by atoms with Gasteiger partial charge in [0.15, 0.2) is 0 Å². The number of hydrogen-bond acceptors (Lipinski definition) is 2. The third-order valence-electron chi connectivity index (χ3n) is 2.38. The van der Waals surface area contributed by atoms with E-state index in [0.717, 1.165) is 12.8 Å². The number of nitrogens with one attached hydrogen (secondary N) is 1. The fraction of sp³-hybridized carbons (Fsp3) is 0.417. The van der Waals surface area contributed by atoms with Crippen LogP contribution in [-0.2, 0) is 11.2 Å². The average molecular weight is 250 g/mol. The second-order valence-electron chi connectivity index (χ2n) is 3.78. The van der Waals surface area contributed by atoms with E-state index in [1.165, 1.54) is 6.07 Å². The first-order chi connectivity index (χ1) is 8.74. The van der Waals surface area contributed by atoms with E-state index in [1.54, 1.807) is 18.2 Å². The molecule has 0 saturated heterocycles. The van der Waals surface area contributed by atoms with E-state index in [4.69, 9.17) is 5.53 Å². The van der Waals surface area contributed by atoms with Crippen LogP contribution in [0, 0.1) is 5.82 Å². The number of azide groups is 1. The van der Waals surface area contributed by atoms with Crippen molar-refractivity contribution < 1.29 is 9.18 Å². The molecule has 0 spiro atoms. The van der Waals surface area contributed by atoms with Crippen LogP contribution < -0.4 is 5.32 Å². The predicted molar refractivity (Wildman–Crippen MR) is 66.4 cm³/mol. The van der Waals surface area contributed by atoms with E-state index in [0.29, 0.717) is 18.7 Å². The maximum absolute atomic E-state index is 13.3. The predicted octanol–water partition coefficient (Wildman–Crippen LogP) is 2.57. The van der Waals surface area contributed by atoms with Crippen molar-refractivity contribution in [1.29, 1.82) is 0 Å². The van der Waals surface area contributed by atoms with Crippen LogP contribution in [0.25, 0.3) is 10.4 Å². The number of benzene rings is 1. The topological polar surface area (TPSA) is 77.9 Å². The van der Waals surface area contributed by atoms with Crippen LogP contribution >= 0.6 is 0 Å². The molecule has 1 N–H and O–H groups in total. The number of carbonyl (C=O) groups excluding carboxylic acids is 1. The summed E-state index contributed by atoms with van der Waals surface area (Å²) < 4.78 is 13.3. The Morgan fingerprint density at radius 3 is 2.89 bits per heavy atom. The highest BCUT2D eigenvalue weighted by molar-refractivity contribution is 5.78. The van der Waals surface area contributed by atoms with Crippen molar-refractivity contribution in [3.63, 3.8) is 0 Å². The minimum Gasteiger partial charge on any atom is -0.356 e. The highest BCUT2D eigenvalue weighted by Crippen LogP contribution is 2.06. The lowest BCUT2D eigenvalue weighted by Gasteiger charge is -2.05. The summed E-state index contributed by atoms with van der Waals surface area (Å²) in [6.07, 6.45) is 1.51. The molecule has 1 rings (SSSR count). The van der Waals surface area contributed by atoms with Crippen molar-refractivity contribution >= 4 is 5.91 Å². The number of halogens is 1. The molecule has 0 aliphatic carbocycles. The molecule has 0 atom stereocenters. The van der Waals surface area contributed by atoms with E-state index in [2.05, 4.69) is 15.3 Å². The number of carbonyl (C=O) groups is 1. The Labute approximate surface area is 105 Å². The lowest BCUT2D eigenvalue weighted by atomic mass is 10.1. The summed E-state index contributed by atoms with van der Waals surface area (Å²) in [4.78, 5) is 14.1. The molecular weight excluding hydrogens is 235 g/mol. The first-order valence-corrected chi connectivity index (χ1v) is 5.75. The van der Waals surface area contributed by atoms with Crippen molar-refractivity contribution in [3.05, 3.63) is 46.1 Å². The van der Waals surface area contributed by atoms with Crippen LogP contribution in [0.5, 0.6) is 0 Å². The van der Waals surface area contributed by atoms with Crippen molar-refractivity contribution in [1.82, 2.24) is 5.32 Å². The minimum atomic E-state index is -0.365. The summed E-state index contributed by atoms with van der Waals surface area (Å²) in [5.74, 6) is -0.570. The summed E-state index contributed by atoms with van der Waals surface area (Å²) >= 11 is 0. The zero-order valence-electron chi connectivity index (χ0n) is 9.97. The van der Waals surface area contributed by atoms with Gasteiger partial charge in [-0.1, -0.05) is 23.3 Å². The molecule has 1 aromatic rings. The quantitative estimate of drug-likeness (QED) is 0.343. The Hall–Kier alpha value is -2.07. The van der Waals surface area contributed by atoms with Crippen LogP contribution in [0.2, 0.25) is 0 Å². The SMILES string of the molecule is [N-]=[N+]=NCCCCNC(=O)Cc1ccccc1F. The highest BCUT2D eigenvalue weighted by atomic mass is 19.1. The van der Waals surface area contributed by atoms with Gasteiger partial charge >= 0.3 is 0 Å². The number of unbranched alkanes of at least 4 members (excludes halogenated alkanes) is 1. The van der Waals surface area contributed by atoms with Gasteiger partial charge in [0.2, 0.25) is 5.91 Å². The zero-order chi connectivity index (χ0) is 13.2. The van der Waals surface area contributed by atoms with E-state index in [9.17, 15) is 9.18 Å². The molecule has 1 aromatic carbocycles. The Morgan fingerprint density at radius 1 is 1.39 bits per heavy atom. The largest absolute Gasteiger partial charge is 0.356 e. The molecule has 0 bridgehead atoms. The third-order valence-corrected chi connectivity index (χ3v) is 2.38. The average Bonchev–Trinajstić information content (AvgIpc) is 2.36. The molecule has 5 nitrogen and oxygen atoms in total. The van der Waals surface area contributed by atoms with Crippen molar-refractivity contribution in [2.24, 2.45) is 5.11 Å². The third kappa shape index (κ3) is 5.32. The maximum Gasteiger partial charge on any atom is 0.224 e. The van der Waals surface area contributed by atoms with Crippen LogP contribution in [0.3, 0.4) is 0 Å². The van der Waals surface area contributed by atoms with Gasteiger partial charge in [-0.05, 0) is 30.0 Å². The molecule has 0 aromatic heterocycles. The van der Waals surface area contributed by atoms with Gasteiger partial charge in [-0.15, -0.1) is 0 Å². The summed E-state index contributed by atoms with van der Waals surface area (Å²) in [6, 6.07) is 6.22. The summed E-state index contributed by atoms with van der Waals surface area (Å²) in [7, 11) is 0. The van der Waals surface area contributed by atoms with Crippen LogP contribution in [0.15, 0.2) is 29.4 Å². The van der Waals surface area contributed by atoms with Gasteiger partial charge in [0, 0.05) is 18.0 Å². The molecule has 0 fully saturated rings. The second-order valence-corrected chi connectivity index (χ2v) is 3.78. The summed E-state index contributed by atoms with van der Waals surface area (Å²) in [5, 5.41) is 6.08. The van der Waals surface area contributed by atoms with Gasteiger partial charge in [0.25, 0.3) is 0 Å². The summed E-state index contributed by atoms with van der Waals surface area (Å²) in [6.45, 7) is 0.938. The van der Waals surface area contributed by atoms with E-state index in [-0.39, 0.29) is 18.1 Å². The fourth-order valence-electron chi connectivity index (χ4n) is 1.46. The van der Waals surface area contributed by atoms with Gasteiger partial charge in [-0.3, -0.25) is 4.79 Å². The van der Waals surface area contributed by atoms with Crippen molar-refractivity contribution in [2.75, 3.05) is 13.1 Å². The molecule has 0 heterocycles. The van der Waals surface area contributed by atoms with E-state index >= 15 is 0 Å². The van der Waals surface area contributed by atoms with Gasteiger partial charge in [-0.2, -0.15) is 0 Å². The molecular formula is C12H15FN4O. The maximum atomic E-state index is 13.3. The molecule has 0 unspecified atom stereocenters. The molecule has 0 aliphatic rings. The molecule has 96 valence electrons. The molecule has 0 aliphatic heterocycles. The lowest BCUT2D eigenvalue weighted by Crippen LogP contribution is -2.26. The highest BCUT2D eigenvalue weighted by Gasteiger charge is 2.06. The Balaban J connectivity index is 2.22. The van der Waals surface area contributed by atoms with Crippen molar-refractivity contribution in [2.45, 2.75) is 19.3 Å². The molecule has 0 saturated carbocycles. The number of amides is 1. The van der Waals surface area contributed by atoms with Crippen LogP contribution in [0.1, 0.15) is 18.4 Å². The number of nitrogens with zero attached hydrogens (tertiary/aromatic N) is 3. The minimum absolute atomic E-state index is 0.0447. The summed E-state index contributed by atoms with van der Waals surface area (Å²) in [5.41, 5.74) is 8.45. The number of hydrogen-bond donors (Lipinski definition) is 1. The first-order valence-electron chi connectivity index (χ1n) is 5.75. The smallest absolute Gasteiger partial charge is 0.224 e. The molecule has 18 heavy (non-hydrogen) atoms. The van der Waals surface area contributed by atoms with E-state index < -0.39 is 0 Å². The first kappa shape index (κ1) is 14.0. The van der Waals surface area contributed by atoms with Gasteiger partial charge in [0.1, 0.15) is 5.82 Å². The van der Waals surface area contributed by atoms with Crippen molar-refractivity contribution in [3.8, 4) is 0 Å². The Bertz CT molecular complexity index is 443. The lowest BCUT2D eigenvalue weighted by molar-refractivity contribution is -0.120. The molecule has 1 amide bonds. The van der Waals surface area contributed by atoms with Crippen LogP contribution in [0.4, 0.5) is 4.39 Å². The number of rotatable bonds is 7. The van der Waals surface area contributed by atoms with Gasteiger partial charge in [-0.25, -0.2) is 4.39 Å². The standard InChI is InChI=1S/C12H15FN4O/c13-11-6-2-1-5-10(11)9-12(18)15-7-3-4-8-16-17-14/h1-2,5-6H,3-4,7-9H2,(H,15,18). The second kappa shape index (κ2) is 8.08. The van der Waals surface area contributed by atoms with Crippen LogP contribution in [-0.4, -0.2) is 19.0 Å². The van der Waals surface area contributed by atoms with Gasteiger partial charge in [0.05, 0.1) is 6.42 Å². The molecule has 6 heteroatoms. The fourth-order valence-corrected chi connectivity index (χ4v) is 1.46. The zero-order valence-corrected chi connectivity index (χ0v) is 9.97. The molecule has 0 radical (unpaired) electrons. The van der Waals surface area contributed by atoms with E-state index in [1.807, 2.05) is 0 Å². The van der Waals surface area contributed by atoms with Gasteiger partial charge < -0.3 is 5.32 Å². The Morgan fingerprint density at radius 2 is 2.17 bits per heavy atom. The normalized spacial score (nSPS) is 9.61. The monoisotopic (exact) mass is 250 g/mol.